The third-order valence-electron chi connectivity index (χ3n) is 3.98. The molecule has 0 aliphatic rings. The summed E-state index contributed by atoms with van der Waals surface area (Å²) in [6.45, 7) is 4.37. The maximum Gasteiger partial charge on any atom is 0.0631 e. The summed E-state index contributed by atoms with van der Waals surface area (Å²) >= 11 is 12.0. The number of hydrogen-bond acceptors (Lipinski definition) is 2. The van der Waals surface area contributed by atoms with Gasteiger partial charge in [-0.05, 0) is 67.9 Å². The maximum atomic E-state index is 6.04. The van der Waals surface area contributed by atoms with E-state index in [1.54, 1.807) is 18.3 Å². The quantitative estimate of drug-likeness (QED) is 0.422. The first-order chi connectivity index (χ1) is 12.5. The van der Waals surface area contributed by atoms with Crippen molar-refractivity contribution in [2.75, 3.05) is 4.90 Å². The fraction of sp³-hybridized carbons (Fsp3) is 0.136. The largest absolute Gasteiger partial charge is 0.339 e. The van der Waals surface area contributed by atoms with E-state index in [0.29, 0.717) is 16.1 Å². The Morgan fingerprint density at radius 1 is 0.808 bits per heavy atom. The van der Waals surface area contributed by atoms with E-state index in [4.69, 9.17) is 23.2 Å². The second kappa shape index (κ2) is 8.39. The van der Waals surface area contributed by atoms with Gasteiger partial charge in [0.1, 0.15) is 0 Å². The van der Waals surface area contributed by atoms with Gasteiger partial charge in [-0.25, -0.2) is 0 Å². The number of halogens is 2. The molecule has 0 saturated carbocycles. The lowest BCUT2D eigenvalue weighted by molar-refractivity contribution is 0.789. The van der Waals surface area contributed by atoms with Crippen molar-refractivity contribution in [3.8, 4) is 0 Å². The summed E-state index contributed by atoms with van der Waals surface area (Å²) in [7, 11) is 0. The molecule has 0 spiro atoms. The summed E-state index contributed by atoms with van der Waals surface area (Å²) in [5.41, 5.74) is 4.11. The normalized spacial score (nSPS) is 11.3. The van der Waals surface area contributed by atoms with Gasteiger partial charge in [0, 0.05) is 23.6 Å². The van der Waals surface area contributed by atoms with Gasteiger partial charge in [0.05, 0.1) is 15.7 Å². The highest BCUT2D eigenvalue weighted by molar-refractivity contribution is 6.42. The lowest BCUT2D eigenvalue weighted by Crippen LogP contribution is -2.25. The van der Waals surface area contributed by atoms with E-state index in [0.717, 1.165) is 16.9 Å². The highest BCUT2D eigenvalue weighted by Crippen LogP contribution is 2.29. The summed E-state index contributed by atoms with van der Waals surface area (Å²) in [5, 5.41) is 1.07. The Labute approximate surface area is 164 Å². The van der Waals surface area contributed by atoms with Crippen LogP contribution in [0.2, 0.25) is 10.0 Å². The minimum absolute atomic E-state index is 0.350. The molecule has 26 heavy (non-hydrogen) atoms. The second-order valence-corrected chi connectivity index (χ2v) is 7.06. The van der Waals surface area contributed by atoms with Gasteiger partial charge in [0.2, 0.25) is 0 Å². The van der Waals surface area contributed by atoms with Crippen LogP contribution in [0.1, 0.15) is 19.4 Å². The molecule has 3 aromatic carbocycles. The monoisotopic (exact) mass is 382 g/mol. The summed E-state index contributed by atoms with van der Waals surface area (Å²) in [6, 6.07) is 24.4. The highest BCUT2D eigenvalue weighted by atomic mass is 35.5. The Hall–Kier alpha value is -2.29. The lowest BCUT2D eigenvalue weighted by atomic mass is 10.2. The van der Waals surface area contributed by atoms with Crippen molar-refractivity contribution in [1.29, 1.82) is 0 Å². The molecule has 0 aromatic heterocycles. The molecule has 4 heteroatoms. The van der Waals surface area contributed by atoms with Gasteiger partial charge in [-0.1, -0.05) is 47.5 Å². The molecule has 0 atom stereocenters. The Balaban J connectivity index is 1.81. The standard InChI is InChI=1S/C22H20Cl2N2/c1-16(2)26(19-6-4-3-5-7-19)20-11-9-18(10-12-20)25-15-17-8-13-21(23)22(24)14-17/h3-16H,1-2H3. The number of rotatable bonds is 5. The molecule has 0 N–H and O–H groups in total. The van der Waals surface area contributed by atoms with E-state index in [1.807, 2.05) is 24.3 Å². The van der Waals surface area contributed by atoms with Crippen molar-refractivity contribution in [3.63, 3.8) is 0 Å². The van der Waals surface area contributed by atoms with E-state index in [-0.39, 0.29) is 0 Å². The molecule has 0 amide bonds. The molecule has 0 bridgehead atoms. The van der Waals surface area contributed by atoms with Gasteiger partial charge in [-0.3, -0.25) is 4.99 Å². The van der Waals surface area contributed by atoms with Gasteiger partial charge in [-0.2, -0.15) is 0 Å². The van der Waals surface area contributed by atoms with Crippen molar-refractivity contribution >= 4 is 46.5 Å². The number of para-hydroxylation sites is 1. The van der Waals surface area contributed by atoms with E-state index in [9.17, 15) is 0 Å². The predicted molar refractivity (Wildman–Crippen MR) is 114 cm³/mol. The van der Waals surface area contributed by atoms with E-state index in [2.05, 4.69) is 60.1 Å². The predicted octanol–water partition coefficient (Wildman–Crippen LogP) is 7.29. The van der Waals surface area contributed by atoms with Crippen molar-refractivity contribution in [3.05, 3.63) is 88.4 Å². The first-order valence-corrected chi connectivity index (χ1v) is 9.23. The number of benzene rings is 3. The number of aliphatic imine (C=N–C) groups is 1. The van der Waals surface area contributed by atoms with Gasteiger partial charge in [0.15, 0.2) is 0 Å². The molecule has 0 saturated heterocycles. The minimum atomic E-state index is 0.350. The minimum Gasteiger partial charge on any atom is -0.339 e. The molecule has 0 fully saturated rings. The second-order valence-electron chi connectivity index (χ2n) is 6.25. The van der Waals surface area contributed by atoms with E-state index in [1.165, 1.54) is 5.69 Å². The maximum absolute atomic E-state index is 6.04. The van der Waals surface area contributed by atoms with Crippen LogP contribution in [-0.4, -0.2) is 12.3 Å². The first kappa shape index (κ1) is 18.5. The fourth-order valence-electron chi connectivity index (χ4n) is 2.78. The summed E-state index contributed by atoms with van der Waals surface area (Å²) in [6.07, 6.45) is 1.79. The molecular weight excluding hydrogens is 363 g/mol. The summed E-state index contributed by atoms with van der Waals surface area (Å²) in [4.78, 5) is 6.82. The molecule has 0 heterocycles. The Morgan fingerprint density at radius 2 is 1.46 bits per heavy atom. The first-order valence-electron chi connectivity index (χ1n) is 8.48. The number of nitrogens with zero attached hydrogens (tertiary/aromatic N) is 2. The van der Waals surface area contributed by atoms with Crippen LogP contribution in [0.3, 0.4) is 0 Å². The Morgan fingerprint density at radius 3 is 2.08 bits per heavy atom. The molecule has 0 radical (unpaired) electrons. The van der Waals surface area contributed by atoms with Gasteiger partial charge < -0.3 is 4.90 Å². The highest BCUT2D eigenvalue weighted by Gasteiger charge is 2.12. The fourth-order valence-corrected chi connectivity index (χ4v) is 3.08. The van der Waals surface area contributed by atoms with Crippen LogP contribution in [0.5, 0.6) is 0 Å². The Kier molecular flexibility index (Phi) is 5.97. The molecule has 0 unspecified atom stereocenters. The van der Waals surface area contributed by atoms with E-state index < -0.39 is 0 Å². The molecule has 2 nitrogen and oxygen atoms in total. The van der Waals surface area contributed by atoms with Crippen LogP contribution >= 0.6 is 23.2 Å². The van der Waals surface area contributed by atoms with Crippen LogP contribution in [-0.2, 0) is 0 Å². The van der Waals surface area contributed by atoms with Crippen LogP contribution < -0.4 is 4.90 Å². The zero-order valence-corrected chi connectivity index (χ0v) is 16.2. The summed E-state index contributed by atoms with van der Waals surface area (Å²) in [5.74, 6) is 0. The van der Waals surface area contributed by atoms with Crippen molar-refractivity contribution in [2.24, 2.45) is 4.99 Å². The molecule has 0 aliphatic carbocycles. The zero-order valence-electron chi connectivity index (χ0n) is 14.7. The molecular formula is C22H20Cl2N2. The average molecular weight is 383 g/mol. The van der Waals surface area contributed by atoms with Crippen LogP contribution in [0, 0.1) is 0 Å². The SMILES string of the molecule is CC(C)N(c1ccccc1)c1ccc(N=Cc2ccc(Cl)c(Cl)c2)cc1. The third kappa shape index (κ3) is 4.46. The van der Waals surface area contributed by atoms with Gasteiger partial charge >= 0.3 is 0 Å². The van der Waals surface area contributed by atoms with Crippen LogP contribution in [0.25, 0.3) is 0 Å². The zero-order chi connectivity index (χ0) is 18.5. The molecule has 132 valence electrons. The smallest absolute Gasteiger partial charge is 0.0631 e. The number of anilines is 2. The third-order valence-corrected chi connectivity index (χ3v) is 4.72. The summed E-state index contributed by atoms with van der Waals surface area (Å²) < 4.78 is 0. The van der Waals surface area contributed by atoms with Gasteiger partial charge in [-0.15, -0.1) is 0 Å². The molecule has 3 rings (SSSR count). The Bertz CT molecular complexity index is 888. The topological polar surface area (TPSA) is 15.6 Å². The lowest BCUT2D eigenvalue weighted by Gasteiger charge is -2.29. The molecule has 3 aromatic rings. The van der Waals surface area contributed by atoms with E-state index >= 15 is 0 Å². The molecule has 0 aliphatic heterocycles. The van der Waals surface area contributed by atoms with Crippen molar-refractivity contribution < 1.29 is 0 Å². The van der Waals surface area contributed by atoms with Crippen molar-refractivity contribution in [2.45, 2.75) is 19.9 Å². The average Bonchev–Trinajstić information content (AvgIpc) is 2.64. The van der Waals surface area contributed by atoms with Crippen molar-refractivity contribution in [1.82, 2.24) is 0 Å². The number of hydrogen-bond donors (Lipinski definition) is 0. The van der Waals surface area contributed by atoms with Crippen LogP contribution in [0.15, 0.2) is 77.8 Å². The van der Waals surface area contributed by atoms with Gasteiger partial charge in [0.25, 0.3) is 0 Å². The van der Waals surface area contributed by atoms with Crippen LogP contribution in [0.4, 0.5) is 17.1 Å².